The summed E-state index contributed by atoms with van der Waals surface area (Å²) in [7, 11) is 0. The molecule has 0 aromatic rings. The van der Waals surface area contributed by atoms with Crippen LogP contribution in [0.5, 0.6) is 0 Å². The second-order valence-corrected chi connectivity index (χ2v) is 3.90. The molecule has 0 aromatic heterocycles. The number of carboxylic acid groups (broad SMARTS) is 1. The minimum Gasteiger partial charge on any atom is -0.479 e. The molecule has 0 saturated carbocycles. The lowest BCUT2D eigenvalue weighted by atomic mass is 10.2. The first-order chi connectivity index (χ1) is 6.84. The summed E-state index contributed by atoms with van der Waals surface area (Å²) in [5.41, 5.74) is 0. The van der Waals surface area contributed by atoms with Crippen molar-refractivity contribution >= 4 is 11.9 Å². The molecule has 0 rings (SSSR count). The second-order valence-electron chi connectivity index (χ2n) is 3.90. The van der Waals surface area contributed by atoms with Crippen LogP contribution in [0, 0.1) is 5.92 Å². The van der Waals surface area contributed by atoms with Gasteiger partial charge in [0.1, 0.15) is 6.10 Å². The Balaban J connectivity index is 3.93. The molecule has 5 heteroatoms. The third kappa shape index (κ3) is 6.06. The summed E-state index contributed by atoms with van der Waals surface area (Å²) in [6.07, 6.45) is -1.71. The van der Waals surface area contributed by atoms with E-state index < -0.39 is 18.2 Å². The number of hydrogen-bond acceptors (Lipinski definition) is 3. The number of aliphatic carboxylic acids is 1. The van der Waals surface area contributed by atoms with E-state index in [9.17, 15) is 9.59 Å². The maximum Gasteiger partial charge on any atom is 0.332 e. The topological polar surface area (TPSA) is 75.6 Å². The van der Waals surface area contributed by atoms with Gasteiger partial charge in [0.05, 0.1) is 0 Å². The first kappa shape index (κ1) is 13.9. The SMILES string of the molecule is CC(C)CNC(=O)C(C)O[C@@H](C)C(=O)O. The molecule has 0 heterocycles. The van der Waals surface area contributed by atoms with Crippen LogP contribution in [0.3, 0.4) is 0 Å². The van der Waals surface area contributed by atoms with Crippen LogP contribution in [0.1, 0.15) is 27.7 Å². The maximum atomic E-state index is 11.4. The molecule has 88 valence electrons. The van der Waals surface area contributed by atoms with Crippen LogP contribution in [0.15, 0.2) is 0 Å². The molecule has 0 aromatic carbocycles. The summed E-state index contributed by atoms with van der Waals surface area (Å²) in [5, 5.41) is 11.2. The predicted molar refractivity (Wildman–Crippen MR) is 55.5 cm³/mol. The average molecular weight is 217 g/mol. The summed E-state index contributed by atoms with van der Waals surface area (Å²) in [6, 6.07) is 0. The van der Waals surface area contributed by atoms with E-state index >= 15 is 0 Å². The number of amides is 1. The molecular formula is C10H19NO4. The van der Waals surface area contributed by atoms with Gasteiger partial charge in [-0.1, -0.05) is 13.8 Å². The second kappa shape index (κ2) is 6.40. The number of hydrogen-bond donors (Lipinski definition) is 2. The molecular weight excluding hydrogens is 198 g/mol. The Labute approximate surface area is 89.8 Å². The van der Waals surface area contributed by atoms with Crippen molar-refractivity contribution in [3.63, 3.8) is 0 Å². The fourth-order valence-corrected chi connectivity index (χ4v) is 0.875. The van der Waals surface area contributed by atoms with Gasteiger partial charge in [-0.2, -0.15) is 0 Å². The van der Waals surface area contributed by atoms with Crippen molar-refractivity contribution in [1.29, 1.82) is 0 Å². The van der Waals surface area contributed by atoms with Crippen LogP contribution in [0.4, 0.5) is 0 Å². The van der Waals surface area contributed by atoms with Gasteiger partial charge in [0.25, 0.3) is 0 Å². The van der Waals surface area contributed by atoms with Crippen LogP contribution in [-0.4, -0.2) is 35.7 Å². The summed E-state index contributed by atoms with van der Waals surface area (Å²) in [5.74, 6) is -0.992. The fraction of sp³-hybridized carbons (Fsp3) is 0.800. The monoisotopic (exact) mass is 217 g/mol. The summed E-state index contributed by atoms with van der Waals surface area (Å²) >= 11 is 0. The minimum absolute atomic E-state index is 0.281. The van der Waals surface area contributed by atoms with Gasteiger partial charge in [-0.25, -0.2) is 4.79 Å². The van der Waals surface area contributed by atoms with E-state index in [1.165, 1.54) is 13.8 Å². The highest BCUT2D eigenvalue weighted by Gasteiger charge is 2.20. The molecule has 1 unspecified atom stereocenters. The standard InChI is InChI=1S/C10H19NO4/c1-6(2)5-11-9(12)7(3)15-8(4)10(13)14/h6-8H,5H2,1-4H3,(H,11,12)(H,13,14)/t7?,8-/m0/s1. The zero-order valence-electron chi connectivity index (χ0n) is 9.61. The highest BCUT2D eigenvalue weighted by atomic mass is 16.5. The van der Waals surface area contributed by atoms with Gasteiger partial charge >= 0.3 is 5.97 Å². The van der Waals surface area contributed by atoms with Crippen molar-refractivity contribution in [2.75, 3.05) is 6.54 Å². The van der Waals surface area contributed by atoms with E-state index in [1.54, 1.807) is 0 Å². The Morgan fingerprint density at radius 1 is 1.20 bits per heavy atom. The predicted octanol–water partition coefficient (Wildman–Crippen LogP) is 0.637. The van der Waals surface area contributed by atoms with Gasteiger partial charge in [-0.05, 0) is 19.8 Å². The van der Waals surface area contributed by atoms with E-state index in [2.05, 4.69) is 5.32 Å². The Hall–Kier alpha value is -1.10. The molecule has 0 radical (unpaired) electrons. The van der Waals surface area contributed by atoms with Crippen LogP contribution >= 0.6 is 0 Å². The van der Waals surface area contributed by atoms with Crippen molar-refractivity contribution in [2.24, 2.45) is 5.92 Å². The van der Waals surface area contributed by atoms with E-state index in [0.717, 1.165) is 0 Å². The van der Waals surface area contributed by atoms with Gasteiger partial charge in [0.15, 0.2) is 6.10 Å². The molecule has 0 aliphatic rings. The number of carbonyl (C=O) groups is 2. The number of carboxylic acids is 1. The van der Waals surface area contributed by atoms with Gasteiger partial charge < -0.3 is 15.2 Å². The summed E-state index contributed by atoms with van der Waals surface area (Å²) in [6.45, 7) is 7.45. The molecule has 15 heavy (non-hydrogen) atoms. The van der Waals surface area contributed by atoms with E-state index in [4.69, 9.17) is 9.84 Å². The molecule has 0 aliphatic heterocycles. The zero-order valence-corrected chi connectivity index (χ0v) is 9.61. The largest absolute Gasteiger partial charge is 0.479 e. The quantitative estimate of drug-likeness (QED) is 0.684. The van der Waals surface area contributed by atoms with Crippen LogP contribution in [0.2, 0.25) is 0 Å². The number of nitrogens with one attached hydrogen (secondary N) is 1. The molecule has 0 aliphatic carbocycles. The van der Waals surface area contributed by atoms with E-state index in [0.29, 0.717) is 12.5 Å². The molecule has 2 N–H and O–H groups in total. The normalized spacial score (nSPS) is 14.7. The maximum absolute atomic E-state index is 11.4. The van der Waals surface area contributed by atoms with E-state index in [1.807, 2.05) is 13.8 Å². The number of carbonyl (C=O) groups excluding carboxylic acids is 1. The van der Waals surface area contributed by atoms with Crippen LogP contribution in [-0.2, 0) is 14.3 Å². The zero-order chi connectivity index (χ0) is 12.0. The number of ether oxygens (including phenoxy) is 1. The van der Waals surface area contributed by atoms with E-state index in [-0.39, 0.29) is 5.91 Å². The van der Waals surface area contributed by atoms with Crippen LogP contribution < -0.4 is 5.32 Å². The summed E-state index contributed by atoms with van der Waals surface area (Å²) in [4.78, 5) is 21.8. The Morgan fingerprint density at radius 3 is 2.13 bits per heavy atom. The molecule has 0 fully saturated rings. The Morgan fingerprint density at radius 2 is 1.73 bits per heavy atom. The Kier molecular flexibility index (Phi) is 5.93. The summed E-state index contributed by atoms with van der Waals surface area (Å²) < 4.78 is 4.99. The lowest BCUT2D eigenvalue weighted by molar-refractivity contribution is -0.155. The molecule has 0 saturated heterocycles. The van der Waals surface area contributed by atoms with Gasteiger partial charge in [0, 0.05) is 6.54 Å². The number of rotatable bonds is 6. The van der Waals surface area contributed by atoms with Crippen molar-refractivity contribution in [3.8, 4) is 0 Å². The molecule has 0 spiro atoms. The highest BCUT2D eigenvalue weighted by molar-refractivity contribution is 5.81. The van der Waals surface area contributed by atoms with Crippen molar-refractivity contribution in [3.05, 3.63) is 0 Å². The molecule has 2 atom stereocenters. The van der Waals surface area contributed by atoms with Crippen LogP contribution in [0.25, 0.3) is 0 Å². The molecule has 1 amide bonds. The Bertz CT molecular complexity index is 227. The van der Waals surface area contributed by atoms with Gasteiger partial charge in [-0.15, -0.1) is 0 Å². The molecule has 5 nitrogen and oxygen atoms in total. The van der Waals surface area contributed by atoms with Crippen molar-refractivity contribution in [2.45, 2.75) is 39.9 Å². The highest BCUT2D eigenvalue weighted by Crippen LogP contribution is 1.99. The molecule has 0 bridgehead atoms. The smallest absolute Gasteiger partial charge is 0.332 e. The van der Waals surface area contributed by atoms with Gasteiger partial charge in [0.2, 0.25) is 5.91 Å². The lowest BCUT2D eigenvalue weighted by Crippen LogP contribution is -2.39. The third-order valence-corrected chi connectivity index (χ3v) is 1.81. The lowest BCUT2D eigenvalue weighted by Gasteiger charge is -2.16. The van der Waals surface area contributed by atoms with Gasteiger partial charge in [-0.3, -0.25) is 4.79 Å². The van der Waals surface area contributed by atoms with Crippen molar-refractivity contribution < 1.29 is 19.4 Å². The average Bonchev–Trinajstić information content (AvgIpc) is 2.13. The first-order valence-electron chi connectivity index (χ1n) is 5.00. The fourth-order valence-electron chi connectivity index (χ4n) is 0.875. The third-order valence-electron chi connectivity index (χ3n) is 1.81. The van der Waals surface area contributed by atoms with Crippen molar-refractivity contribution in [1.82, 2.24) is 5.32 Å². The first-order valence-corrected chi connectivity index (χ1v) is 5.00. The minimum atomic E-state index is -1.07.